The molecule has 0 aromatic carbocycles. The van der Waals surface area contributed by atoms with Crippen LogP contribution >= 0.6 is 7.82 Å². The number of nitrogens with two attached hydrogens (primary N) is 1. The molecule has 10 heteroatoms. The Kier molecular flexibility index (Phi) is 41.4. The lowest BCUT2D eigenvalue weighted by atomic mass is 10.0. The number of phosphoric acid groups is 1. The van der Waals surface area contributed by atoms with Gasteiger partial charge in [0.1, 0.15) is 6.61 Å². The molecule has 2 unspecified atom stereocenters. The van der Waals surface area contributed by atoms with Gasteiger partial charge in [-0.2, -0.15) is 0 Å². The molecule has 0 radical (unpaired) electrons. The van der Waals surface area contributed by atoms with Crippen LogP contribution in [0.1, 0.15) is 232 Å². The van der Waals surface area contributed by atoms with Gasteiger partial charge in [-0.1, -0.05) is 193 Å². The normalized spacial score (nSPS) is 13.3. The fourth-order valence-electron chi connectivity index (χ4n) is 6.69. The van der Waals surface area contributed by atoms with E-state index in [0.29, 0.717) is 6.42 Å². The first-order valence-corrected chi connectivity index (χ1v) is 24.7. The average Bonchev–Trinajstić information content (AvgIpc) is 3.17. The molecule has 0 bridgehead atoms. The monoisotopic (exact) mass is 802 g/mol. The molecule has 0 saturated heterocycles. The highest BCUT2D eigenvalue weighted by Gasteiger charge is 2.26. The van der Waals surface area contributed by atoms with Gasteiger partial charge >= 0.3 is 19.8 Å². The van der Waals surface area contributed by atoms with E-state index in [1.165, 1.54) is 154 Å². The molecule has 0 saturated carbocycles. The molecule has 0 aliphatic heterocycles. The Labute approximate surface area is 339 Å². The van der Waals surface area contributed by atoms with Crippen LogP contribution in [-0.4, -0.2) is 49.3 Å². The second-order valence-electron chi connectivity index (χ2n) is 15.6. The number of esters is 2. The summed E-state index contributed by atoms with van der Waals surface area (Å²) in [5.41, 5.74) is 5.35. The lowest BCUT2D eigenvalue weighted by Crippen LogP contribution is -2.29. The van der Waals surface area contributed by atoms with Crippen molar-refractivity contribution in [2.75, 3.05) is 26.4 Å². The summed E-state index contributed by atoms with van der Waals surface area (Å²) in [5, 5.41) is 0. The van der Waals surface area contributed by atoms with E-state index in [4.69, 9.17) is 24.3 Å². The SMILES string of the molecule is CCCCCCCC/C=C\CCCCCCCCCC(=O)OC(COC(=O)CCCCCCCCCCCCCCCCCCC)COP(=O)(O)OCCN. The molecule has 0 rings (SSSR count). The molecule has 0 spiro atoms. The Hall–Kier alpha value is -1.25. The minimum Gasteiger partial charge on any atom is -0.462 e. The summed E-state index contributed by atoms with van der Waals surface area (Å²) in [6.45, 7) is 3.76. The van der Waals surface area contributed by atoms with Gasteiger partial charge in [-0.05, 0) is 38.5 Å². The number of carbonyl (C=O) groups excluding carboxylic acids is 2. The van der Waals surface area contributed by atoms with Crippen LogP contribution < -0.4 is 5.73 Å². The van der Waals surface area contributed by atoms with E-state index in [-0.39, 0.29) is 38.6 Å². The maximum atomic E-state index is 12.6. The number of ether oxygens (including phenoxy) is 2. The van der Waals surface area contributed by atoms with Gasteiger partial charge in [0.15, 0.2) is 6.10 Å². The number of hydrogen-bond acceptors (Lipinski definition) is 8. The first-order valence-electron chi connectivity index (χ1n) is 23.2. The zero-order valence-electron chi connectivity index (χ0n) is 35.9. The maximum absolute atomic E-state index is 12.6. The maximum Gasteiger partial charge on any atom is 0.472 e. The van der Waals surface area contributed by atoms with Crippen molar-refractivity contribution in [3.8, 4) is 0 Å². The van der Waals surface area contributed by atoms with Crippen LogP contribution in [0.5, 0.6) is 0 Å². The van der Waals surface area contributed by atoms with Gasteiger partial charge in [0.25, 0.3) is 0 Å². The fraction of sp³-hybridized carbons (Fsp3) is 0.911. The Morgan fingerprint density at radius 2 is 0.891 bits per heavy atom. The van der Waals surface area contributed by atoms with Crippen molar-refractivity contribution in [1.29, 1.82) is 0 Å². The van der Waals surface area contributed by atoms with E-state index < -0.39 is 26.5 Å². The zero-order valence-corrected chi connectivity index (χ0v) is 36.8. The van der Waals surface area contributed by atoms with Gasteiger partial charge in [-0.25, -0.2) is 4.57 Å². The first-order chi connectivity index (χ1) is 26.8. The third-order valence-electron chi connectivity index (χ3n) is 10.2. The van der Waals surface area contributed by atoms with Crippen molar-refractivity contribution in [3.63, 3.8) is 0 Å². The van der Waals surface area contributed by atoms with E-state index >= 15 is 0 Å². The minimum absolute atomic E-state index is 0.0556. The molecule has 0 heterocycles. The lowest BCUT2D eigenvalue weighted by molar-refractivity contribution is -0.161. The van der Waals surface area contributed by atoms with E-state index in [1.807, 2.05) is 0 Å². The van der Waals surface area contributed by atoms with Gasteiger partial charge < -0.3 is 20.1 Å². The number of hydrogen-bond donors (Lipinski definition) is 2. The molecule has 55 heavy (non-hydrogen) atoms. The van der Waals surface area contributed by atoms with Gasteiger partial charge in [-0.15, -0.1) is 0 Å². The second kappa shape index (κ2) is 42.4. The molecule has 3 N–H and O–H groups in total. The zero-order chi connectivity index (χ0) is 40.3. The van der Waals surface area contributed by atoms with Gasteiger partial charge in [0.2, 0.25) is 0 Å². The molecule has 0 amide bonds. The topological polar surface area (TPSA) is 134 Å². The molecular formula is C45H88NO8P. The summed E-state index contributed by atoms with van der Waals surface area (Å²) in [7, 11) is -4.37. The van der Waals surface area contributed by atoms with Crippen LogP contribution in [0.4, 0.5) is 0 Å². The standard InChI is InChI=1S/C45H88NO8P/c1-3-5-7-9-11-13-15-17-19-21-23-25-27-29-31-33-35-37-44(47)51-41-43(42-53-55(49,50)52-40-39-46)54-45(48)38-36-34-32-30-28-26-24-22-20-18-16-14-12-10-8-6-4-2/h18,20,43H,3-17,19,21-42,46H2,1-2H3,(H,49,50)/b20-18-. The predicted molar refractivity (Wildman–Crippen MR) is 229 cm³/mol. The van der Waals surface area contributed by atoms with E-state index in [1.54, 1.807) is 0 Å². The summed E-state index contributed by atoms with van der Waals surface area (Å²) < 4.78 is 32.8. The Balaban J connectivity index is 4.08. The van der Waals surface area contributed by atoms with Crippen molar-refractivity contribution in [1.82, 2.24) is 0 Å². The van der Waals surface area contributed by atoms with Crippen LogP contribution in [0.15, 0.2) is 12.2 Å². The Morgan fingerprint density at radius 3 is 1.29 bits per heavy atom. The second-order valence-corrected chi connectivity index (χ2v) is 17.1. The fourth-order valence-corrected chi connectivity index (χ4v) is 7.45. The van der Waals surface area contributed by atoms with E-state index in [0.717, 1.165) is 44.9 Å². The molecule has 0 aliphatic rings. The summed E-state index contributed by atoms with van der Waals surface area (Å²) >= 11 is 0. The quantitative estimate of drug-likeness (QED) is 0.0267. The molecule has 2 atom stereocenters. The third-order valence-corrected chi connectivity index (χ3v) is 11.1. The Bertz CT molecular complexity index is 917. The number of unbranched alkanes of at least 4 members (excludes halogenated alkanes) is 29. The van der Waals surface area contributed by atoms with E-state index in [9.17, 15) is 19.0 Å². The van der Waals surface area contributed by atoms with Crippen molar-refractivity contribution >= 4 is 19.8 Å². The van der Waals surface area contributed by atoms with Gasteiger partial charge in [0, 0.05) is 19.4 Å². The molecule has 0 fully saturated rings. The number of phosphoric ester groups is 1. The van der Waals surface area contributed by atoms with Crippen LogP contribution in [0.3, 0.4) is 0 Å². The molecular weight excluding hydrogens is 713 g/mol. The molecule has 0 aromatic heterocycles. The van der Waals surface area contributed by atoms with Crippen LogP contribution in [0, 0.1) is 0 Å². The summed E-state index contributed by atoms with van der Waals surface area (Å²) in [6, 6.07) is 0. The Morgan fingerprint density at radius 1 is 0.527 bits per heavy atom. The summed E-state index contributed by atoms with van der Waals surface area (Å²) in [6.07, 6.45) is 43.8. The first kappa shape index (κ1) is 53.8. The van der Waals surface area contributed by atoms with Crippen LogP contribution in [-0.2, 0) is 32.7 Å². The van der Waals surface area contributed by atoms with Crippen LogP contribution in [0.25, 0.3) is 0 Å². The summed E-state index contributed by atoms with van der Waals surface area (Å²) in [5.74, 6) is -0.820. The van der Waals surface area contributed by atoms with Crippen molar-refractivity contribution in [2.24, 2.45) is 5.73 Å². The molecule has 9 nitrogen and oxygen atoms in total. The minimum atomic E-state index is -4.37. The van der Waals surface area contributed by atoms with Crippen molar-refractivity contribution in [2.45, 2.75) is 238 Å². The molecule has 0 aromatic rings. The highest BCUT2D eigenvalue weighted by atomic mass is 31.2. The highest BCUT2D eigenvalue weighted by molar-refractivity contribution is 7.47. The van der Waals surface area contributed by atoms with Gasteiger partial charge in [0.05, 0.1) is 13.2 Å². The largest absolute Gasteiger partial charge is 0.472 e. The number of rotatable bonds is 44. The third kappa shape index (κ3) is 42.2. The van der Waals surface area contributed by atoms with E-state index in [2.05, 4.69) is 26.0 Å². The average molecular weight is 802 g/mol. The predicted octanol–water partition coefficient (Wildman–Crippen LogP) is 13.4. The lowest BCUT2D eigenvalue weighted by Gasteiger charge is -2.19. The molecule has 326 valence electrons. The van der Waals surface area contributed by atoms with Crippen molar-refractivity contribution in [3.05, 3.63) is 12.2 Å². The van der Waals surface area contributed by atoms with Crippen LogP contribution in [0.2, 0.25) is 0 Å². The smallest absolute Gasteiger partial charge is 0.462 e. The van der Waals surface area contributed by atoms with Gasteiger partial charge in [-0.3, -0.25) is 18.6 Å². The summed E-state index contributed by atoms with van der Waals surface area (Å²) in [4.78, 5) is 34.9. The highest BCUT2D eigenvalue weighted by Crippen LogP contribution is 2.43. The number of allylic oxidation sites excluding steroid dienone is 2. The number of carbonyl (C=O) groups is 2. The molecule has 0 aliphatic carbocycles. The van der Waals surface area contributed by atoms with Crippen molar-refractivity contribution < 1.29 is 37.6 Å².